The van der Waals surface area contributed by atoms with E-state index in [0.29, 0.717) is 6.54 Å². The molecule has 1 amide bonds. The second kappa shape index (κ2) is 5.86. The maximum Gasteiger partial charge on any atom is 0.254 e. The largest absolute Gasteiger partial charge is 0.328 e. The first-order valence-corrected chi connectivity index (χ1v) is 5.03. The van der Waals surface area contributed by atoms with E-state index in [1.54, 1.807) is 0 Å². The summed E-state index contributed by atoms with van der Waals surface area (Å²) in [5.41, 5.74) is 0.274. The molecule has 0 radical (unpaired) electrons. The normalized spacial score (nSPS) is 9.56. The number of hydrogen-bond acceptors (Lipinski definition) is 2. The molecule has 0 saturated heterocycles. The summed E-state index contributed by atoms with van der Waals surface area (Å²) >= 11 is 0. The fourth-order valence-corrected chi connectivity index (χ4v) is 1.35. The molecule has 84 valence electrons. The molecule has 0 atom stereocenters. The van der Waals surface area contributed by atoms with Crippen LogP contribution in [0.4, 0.5) is 4.39 Å². The zero-order valence-corrected chi connectivity index (χ0v) is 9.11. The van der Waals surface area contributed by atoms with Crippen LogP contribution in [0.3, 0.4) is 0 Å². The molecule has 0 saturated carbocycles. The third kappa shape index (κ3) is 3.06. The Morgan fingerprint density at radius 3 is 3.00 bits per heavy atom. The lowest BCUT2D eigenvalue weighted by Crippen LogP contribution is -2.32. The molecular weight excluding hydrogens is 207 g/mol. The summed E-state index contributed by atoms with van der Waals surface area (Å²) in [6, 6.07) is 2.59. The Hall–Kier alpha value is -1.89. The van der Waals surface area contributed by atoms with Crippen LogP contribution in [0.1, 0.15) is 23.7 Å². The van der Waals surface area contributed by atoms with Crippen molar-refractivity contribution in [2.45, 2.75) is 13.3 Å². The average Bonchev–Trinajstić information content (AvgIpc) is 2.28. The van der Waals surface area contributed by atoms with Gasteiger partial charge < -0.3 is 4.90 Å². The van der Waals surface area contributed by atoms with E-state index in [2.05, 4.69) is 10.9 Å². The van der Waals surface area contributed by atoms with Crippen LogP contribution in [-0.4, -0.2) is 28.9 Å². The van der Waals surface area contributed by atoms with Crippen molar-refractivity contribution in [3.8, 4) is 12.3 Å². The zero-order valence-electron chi connectivity index (χ0n) is 9.11. The Bertz CT molecular complexity index is 412. The van der Waals surface area contributed by atoms with Gasteiger partial charge in [0.2, 0.25) is 5.95 Å². The zero-order chi connectivity index (χ0) is 12.0. The minimum atomic E-state index is -0.664. The number of nitrogens with zero attached hydrogens (tertiary/aromatic N) is 2. The number of carbonyl (C=O) groups is 1. The van der Waals surface area contributed by atoms with E-state index < -0.39 is 5.95 Å². The molecule has 16 heavy (non-hydrogen) atoms. The van der Waals surface area contributed by atoms with Gasteiger partial charge in [0.15, 0.2) is 0 Å². The molecule has 0 fully saturated rings. The van der Waals surface area contributed by atoms with E-state index in [-0.39, 0.29) is 18.0 Å². The summed E-state index contributed by atoms with van der Waals surface area (Å²) in [5, 5.41) is 0. The second-order valence-corrected chi connectivity index (χ2v) is 3.30. The minimum Gasteiger partial charge on any atom is -0.328 e. The molecule has 3 nitrogen and oxygen atoms in total. The topological polar surface area (TPSA) is 33.2 Å². The van der Waals surface area contributed by atoms with Crippen LogP contribution >= 0.6 is 0 Å². The molecule has 0 bridgehead atoms. The Morgan fingerprint density at radius 2 is 2.44 bits per heavy atom. The van der Waals surface area contributed by atoms with Crippen molar-refractivity contribution in [1.29, 1.82) is 0 Å². The SMILES string of the molecule is C#CCN(CCC)C(=O)c1ccnc(F)c1. The van der Waals surface area contributed by atoms with Gasteiger partial charge in [-0.15, -0.1) is 6.42 Å². The molecule has 0 spiro atoms. The maximum atomic E-state index is 12.8. The lowest BCUT2D eigenvalue weighted by atomic mass is 10.2. The monoisotopic (exact) mass is 220 g/mol. The lowest BCUT2D eigenvalue weighted by Gasteiger charge is -2.19. The molecule has 0 aliphatic carbocycles. The van der Waals surface area contributed by atoms with Gasteiger partial charge in [0.1, 0.15) is 0 Å². The number of halogens is 1. The Balaban J connectivity index is 2.86. The smallest absolute Gasteiger partial charge is 0.254 e. The summed E-state index contributed by atoms with van der Waals surface area (Å²) in [7, 11) is 0. The Labute approximate surface area is 94.3 Å². The predicted molar refractivity (Wildman–Crippen MR) is 59.2 cm³/mol. The van der Waals surface area contributed by atoms with Crippen molar-refractivity contribution in [2.75, 3.05) is 13.1 Å². The molecule has 0 aliphatic rings. The molecule has 0 aromatic carbocycles. The molecule has 4 heteroatoms. The van der Waals surface area contributed by atoms with Gasteiger partial charge in [-0.1, -0.05) is 12.8 Å². The summed E-state index contributed by atoms with van der Waals surface area (Å²) in [6.45, 7) is 2.74. The fourth-order valence-electron chi connectivity index (χ4n) is 1.35. The summed E-state index contributed by atoms with van der Waals surface area (Å²) in [6.07, 6.45) is 7.25. The van der Waals surface area contributed by atoms with Crippen LogP contribution in [0, 0.1) is 18.3 Å². The number of aromatic nitrogens is 1. The van der Waals surface area contributed by atoms with Gasteiger partial charge in [-0.25, -0.2) is 4.98 Å². The van der Waals surface area contributed by atoms with Crippen molar-refractivity contribution in [2.24, 2.45) is 0 Å². The predicted octanol–water partition coefficient (Wildman–Crippen LogP) is 1.71. The number of pyridine rings is 1. The summed E-state index contributed by atoms with van der Waals surface area (Å²) in [4.78, 5) is 16.8. The molecule has 1 aromatic rings. The number of terminal acetylenes is 1. The average molecular weight is 220 g/mol. The molecule has 1 rings (SSSR count). The third-order valence-electron chi connectivity index (χ3n) is 2.04. The van der Waals surface area contributed by atoms with Crippen LogP contribution in [0.25, 0.3) is 0 Å². The maximum absolute atomic E-state index is 12.8. The molecule has 0 unspecified atom stereocenters. The van der Waals surface area contributed by atoms with Gasteiger partial charge in [-0.2, -0.15) is 4.39 Å². The number of rotatable bonds is 4. The first-order chi connectivity index (χ1) is 7.69. The van der Waals surface area contributed by atoms with Crippen molar-refractivity contribution in [1.82, 2.24) is 9.88 Å². The molecule has 0 N–H and O–H groups in total. The van der Waals surface area contributed by atoms with E-state index in [0.717, 1.165) is 12.5 Å². The van der Waals surface area contributed by atoms with Gasteiger partial charge in [-0.3, -0.25) is 4.79 Å². The summed E-state index contributed by atoms with van der Waals surface area (Å²) in [5.74, 6) is 1.49. The van der Waals surface area contributed by atoms with Gasteiger partial charge in [0, 0.05) is 24.4 Å². The Kier molecular flexibility index (Phi) is 4.46. The standard InChI is InChI=1S/C12H13FN2O/c1-3-7-15(8-4-2)12(16)10-5-6-14-11(13)9-10/h1,5-6,9H,4,7-8H2,2H3. The molecule has 1 heterocycles. The third-order valence-corrected chi connectivity index (χ3v) is 2.04. The van der Waals surface area contributed by atoms with E-state index in [1.807, 2.05) is 6.92 Å². The highest BCUT2D eigenvalue weighted by molar-refractivity contribution is 5.94. The number of hydrogen-bond donors (Lipinski definition) is 0. The van der Waals surface area contributed by atoms with Crippen molar-refractivity contribution >= 4 is 5.91 Å². The molecule has 0 aliphatic heterocycles. The minimum absolute atomic E-state index is 0.233. The number of amides is 1. The van der Waals surface area contributed by atoms with Crippen molar-refractivity contribution in [3.05, 3.63) is 29.8 Å². The highest BCUT2D eigenvalue weighted by Gasteiger charge is 2.14. The van der Waals surface area contributed by atoms with E-state index in [9.17, 15) is 9.18 Å². The lowest BCUT2D eigenvalue weighted by molar-refractivity contribution is 0.0776. The van der Waals surface area contributed by atoms with Crippen LogP contribution in [0.5, 0.6) is 0 Å². The van der Waals surface area contributed by atoms with Crippen LogP contribution in [-0.2, 0) is 0 Å². The first kappa shape index (κ1) is 12.2. The van der Waals surface area contributed by atoms with Gasteiger partial charge in [0.05, 0.1) is 6.54 Å². The van der Waals surface area contributed by atoms with E-state index >= 15 is 0 Å². The summed E-state index contributed by atoms with van der Waals surface area (Å²) < 4.78 is 12.8. The van der Waals surface area contributed by atoms with Gasteiger partial charge in [0.25, 0.3) is 5.91 Å². The van der Waals surface area contributed by atoms with Crippen LogP contribution in [0.15, 0.2) is 18.3 Å². The quantitative estimate of drug-likeness (QED) is 0.571. The Morgan fingerprint density at radius 1 is 1.69 bits per heavy atom. The van der Waals surface area contributed by atoms with Gasteiger partial charge >= 0.3 is 0 Å². The number of carbonyl (C=O) groups excluding carboxylic acids is 1. The molecule has 1 aromatic heterocycles. The van der Waals surface area contributed by atoms with Crippen LogP contribution < -0.4 is 0 Å². The highest BCUT2D eigenvalue weighted by Crippen LogP contribution is 2.06. The van der Waals surface area contributed by atoms with Crippen LogP contribution in [0.2, 0.25) is 0 Å². The van der Waals surface area contributed by atoms with E-state index in [1.165, 1.54) is 17.2 Å². The van der Waals surface area contributed by atoms with E-state index in [4.69, 9.17) is 6.42 Å². The molecular formula is C12H13FN2O. The first-order valence-electron chi connectivity index (χ1n) is 5.03. The highest BCUT2D eigenvalue weighted by atomic mass is 19.1. The second-order valence-electron chi connectivity index (χ2n) is 3.30. The fraction of sp³-hybridized carbons (Fsp3) is 0.333. The van der Waals surface area contributed by atoms with Gasteiger partial charge in [-0.05, 0) is 12.5 Å². The van der Waals surface area contributed by atoms with Crippen molar-refractivity contribution in [3.63, 3.8) is 0 Å². The van der Waals surface area contributed by atoms with Crippen molar-refractivity contribution < 1.29 is 9.18 Å².